The second-order valence-electron chi connectivity index (χ2n) is 3.89. The van der Waals surface area contributed by atoms with Gasteiger partial charge in [0.05, 0.1) is 5.02 Å². The lowest BCUT2D eigenvalue weighted by Crippen LogP contribution is -2.23. The van der Waals surface area contributed by atoms with Gasteiger partial charge >= 0.3 is 0 Å². The van der Waals surface area contributed by atoms with Crippen molar-refractivity contribution >= 4 is 33.2 Å². The molecule has 2 aromatic rings. The number of nitrogens with one attached hydrogen (secondary N) is 1. The fourth-order valence-electron chi connectivity index (χ4n) is 1.43. The Kier molecular flexibility index (Phi) is 4.59. The van der Waals surface area contributed by atoms with Gasteiger partial charge in [-0.15, -0.1) is 0 Å². The molecule has 8 heteroatoms. The molecule has 106 valence electrons. The van der Waals surface area contributed by atoms with Crippen LogP contribution in [0.4, 0.5) is 4.39 Å². The Morgan fingerprint density at radius 2 is 1.95 bits per heavy atom. The van der Waals surface area contributed by atoms with E-state index in [0.29, 0.717) is 5.56 Å². The third-order valence-electron chi connectivity index (χ3n) is 2.46. The van der Waals surface area contributed by atoms with Gasteiger partial charge in [-0.3, -0.25) is 0 Å². The summed E-state index contributed by atoms with van der Waals surface area (Å²) in [4.78, 5) is 3.70. The first-order chi connectivity index (χ1) is 9.38. The first-order valence-corrected chi connectivity index (χ1v) is 7.67. The van der Waals surface area contributed by atoms with Crippen molar-refractivity contribution in [2.75, 3.05) is 0 Å². The highest BCUT2D eigenvalue weighted by atomic mass is 35.5. The van der Waals surface area contributed by atoms with Crippen LogP contribution in [-0.4, -0.2) is 13.4 Å². The maximum absolute atomic E-state index is 13.0. The van der Waals surface area contributed by atoms with Crippen LogP contribution in [0, 0.1) is 5.82 Å². The van der Waals surface area contributed by atoms with E-state index in [4.69, 9.17) is 23.2 Å². The number of nitrogens with zero attached hydrogens (tertiary/aromatic N) is 1. The summed E-state index contributed by atoms with van der Waals surface area (Å²) in [6.45, 7) is -0.00897. The van der Waals surface area contributed by atoms with E-state index >= 15 is 0 Å². The zero-order chi connectivity index (χ0) is 14.8. The molecule has 0 saturated carbocycles. The number of rotatable bonds is 4. The summed E-state index contributed by atoms with van der Waals surface area (Å²) in [5, 5.41) is 0.143. The Morgan fingerprint density at radius 3 is 2.55 bits per heavy atom. The van der Waals surface area contributed by atoms with Crippen molar-refractivity contribution in [3.63, 3.8) is 0 Å². The molecule has 1 aromatic heterocycles. The predicted octanol–water partition coefficient (Wildman–Crippen LogP) is 3.01. The average molecular weight is 335 g/mol. The summed E-state index contributed by atoms with van der Waals surface area (Å²) in [5.41, 5.74) is 0.543. The fourth-order valence-corrected chi connectivity index (χ4v) is 2.71. The highest BCUT2D eigenvalue weighted by Crippen LogP contribution is 2.17. The lowest BCUT2D eigenvalue weighted by molar-refractivity contribution is 0.580. The van der Waals surface area contributed by atoms with Crippen LogP contribution < -0.4 is 4.72 Å². The highest BCUT2D eigenvalue weighted by Gasteiger charge is 2.14. The first kappa shape index (κ1) is 15.2. The molecule has 0 amide bonds. The number of halogens is 3. The molecular formula is C12H9Cl2FN2O2S. The second kappa shape index (κ2) is 6.05. The van der Waals surface area contributed by atoms with Gasteiger partial charge < -0.3 is 0 Å². The number of sulfonamides is 1. The summed E-state index contributed by atoms with van der Waals surface area (Å²) in [6.07, 6.45) is 1.16. The first-order valence-electron chi connectivity index (χ1n) is 5.43. The molecule has 1 heterocycles. The number of benzene rings is 1. The van der Waals surface area contributed by atoms with Crippen LogP contribution in [0.15, 0.2) is 41.4 Å². The maximum Gasteiger partial charge on any atom is 0.242 e. The fraction of sp³-hybridized carbons (Fsp3) is 0.0833. The van der Waals surface area contributed by atoms with Crippen LogP contribution in [0.3, 0.4) is 0 Å². The molecule has 0 atom stereocenters. The molecule has 0 saturated heterocycles. The van der Waals surface area contributed by atoms with Gasteiger partial charge in [-0.05, 0) is 29.8 Å². The standard InChI is InChI=1S/C12H9Cl2FN2O2S/c13-10-5-8(1-3-11(10)15)6-17-20(18,19)9-2-4-12(14)16-7-9/h1-5,7,17H,6H2. The molecule has 0 bridgehead atoms. The van der Waals surface area contributed by atoms with Crippen LogP contribution in [-0.2, 0) is 16.6 Å². The topological polar surface area (TPSA) is 59.1 Å². The van der Waals surface area contributed by atoms with E-state index in [0.717, 1.165) is 6.20 Å². The molecule has 4 nitrogen and oxygen atoms in total. The van der Waals surface area contributed by atoms with E-state index < -0.39 is 15.8 Å². The molecule has 0 aliphatic carbocycles. The SMILES string of the molecule is O=S(=O)(NCc1ccc(F)c(Cl)c1)c1ccc(Cl)nc1. The van der Waals surface area contributed by atoms with Crippen molar-refractivity contribution in [1.82, 2.24) is 9.71 Å². The minimum atomic E-state index is -3.71. The van der Waals surface area contributed by atoms with E-state index in [2.05, 4.69) is 9.71 Å². The quantitative estimate of drug-likeness (QED) is 0.874. The van der Waals surface area contributed by atoms with E-state index in [1.807, 2.05) is 0 Å². The van der Waals surface area contributed by atoms with Gasteiger partial charge in [0.1, 0.15) is 15.9 Å². The minimum absolute atomic E-state index is 0.00453. The Hall–Kier alpha value is -1.21. The van der Waals surface area contributed by atoms with Crippen molar-refractivity contribution in [2.45, 2.75) is 11.4 Å². The van der Waals surface area contributed by atoms with Gasteiger partial charge in [0.2, 0.25) is 10.0 Å². The zero-order valence-corrected chi connectivity index (χ0v) is 12.3. The van der Waals surface area contributed by atoms with Crippen LogP contribution >= 0.6 is 23.2 Å². The normalized spacial score (nSPS) is 11.6. The number of hydrogen-bond donors (Lipinski definition) is 1. The van der Waals surface area contributed by atoms with E-state index in [9.17, 15) is 12.8 Å². The molecule has 20 heavy (non-hydrogen) atoms. The third-order valence-corrected chi connectivity index (χ3v) is 4.36. The van der Waals surface area contributed by atoms with E-state index in [1.54, 1.807) is 0 Å². The molecule has 0 aliphatic heterocycles. The van der Waals surface area contributed by atoms with Crippen molar-refractivity contribution in [1.29, 1.82) is 0 Å². The summed E-state index contributed by atoms with van der Waals surface area (Å²) < 4.78 is 39.3. The molecule has 0 fully saturated rings. The maximum atomic E-state index is 13.0. The van der Waals surface area contributed by atoms with Gasteiger partial charge in [0, 0.05) is 12.7 Å². The largest absolute Gasteiger partial charge is 0.243 e. The Morgan fingerprint density at radius 1 is 1.20 bits per heavy atom. The smallest absolute Gasteiger partial charge is 0.242 e. The Balaban J connectivity index is 2.13. The van der Waals surface area contributed by atoms with Crippen molar-refractivity contribution in [2.24, 2.45) is 0 Å². The van der Waals surface area contributed by atoms with Crippen LogP contribution in [0.1, 0.15) is 5.56 Å². The minimum Gasteiger partial charge on any atom is -0.243 e. The molecule has 0 unspecified atom stereocenters. The van der Waals surface area contributed by atoms with Crippen molar-refractivity contribution in [3.05, 3.63) is 58.1 Å². The molecule has 1 N–H and O–H groups in total. The van der Waals surface area contributed by atoms with Crippen LogP contribution in [0.5, 0.6) is 0 Å². The number of aromatic nitrogens is 1. The zero-order valence-electron chi connectivity index (χ0n) is 9.98. The number of hydrogen-bond acceptors (Lipinski definition) is 3. The predicted molar refractivity (Wildman–Crippen MR) is 74.7 cm³/mol. The highest BCUT2D eigenvalue weighted by molar-refractivity contribution is 7.89. The van der Waals surface area contributed by atoms with Crippen LogP contribution in [0.25, 0.3) is 0 Å². The molecular weight excluding hydrogens is 326 g/mol. The van der Waals surface area contributed by atoms with Gasteiger partial charge in [0.15, 0.2) is 0 Å². The lowest BCUT2D eigenvalue weighted by atomic mass is 10.2. The van der Waals surface area contributed by atoms with Crippen molar-refractivity contribution < 1.29 is 12.8 Å². The van der Waals surface area contributed by atoms with Gasteiger partial charge in [0.25, 0.3) is 0 Å². The van der Waals surface area contributed by atoms with E-state index in [1.165, 1.54) is 30.3 Å². The number of pyridine rings is 1. The summed E-state index contributed by atoms with van der Waals surface area (Å²) in [5.74, 6) is -0.555. The second-order valence-corrected chi connectivity index (χ2v) is 6.45. The Bertz CT molecular complexity index is 721. The summed E-state index contributed by atoms with van der Waals surface area (Å²) in [6, 6.07) is 6.71. The Labute approximate surface area is 125 Å². The average Bonchev–Trinajstić information content (AvgIpc) is 2.41. The summed E-state index contributed by atoms with van der Waals surface area (Å²) >= 11 is 11.2. The summed E-state index contributed by atoms with van der Waals surface area (Å²) in [7, 11) is -3.71. The van der Waals surface area contributed by atoms with Gasteiger partial charge in [-0.1, -0.05) is 29.3 Å². The van der Waals surface area contributed by atoms with Crippen molar-refractivity contribution in [3.8, 4) is 0 Å². The molecule has 2 rings (SSSR count). The molecule has 0 spiro atoms. The third kappa shape index (κ3) is 3.67. The molecule has 0 aliphatic rings. The van der Waals surface area contributed by atoms with E-state index in [-0.39, 0.29) is 21.6 Å². The van der Waals surface area contributed by atoms with Gasteiger partial charge in [-0.25, -0.2) is 22.5 Å². The lowest BCUT2D eigenvalue weighted by Gasteiger charge is -2.07. The monoisotopic (exact) mass is 334 g/mol. The van der Waals surface area contributed by atoms with Gasteiger partial charge in [-0.2, -0.15) is 0 Å². The molecule has 0 radical (unpaired) electrons. The van der Waals surface area contributed by atoms with Crippen LogP contribution in [0.2, 0.25) is 10.2 Å². The molecule has 1 aromatic carbocycles.